The van der Waals surface area contributed by atoms with Gasteiger partial charge in [-0.3, -0.25) is 0 Å². The van der Waals surface area contributed by atoms with Crippen LogP contribution in [0.25, 0.3) is 6.08 Å². The zero-order valence-corrected chi connectivity index (χ0v) is 10.5. The smallest absolute Gasteiger partial charge is 0.330 e. The standard InChI is InChI=1S/C13H18N2O3/c1-2-17-13(16)7-6-11-9-14-15(10-11)12-5-3-4-8-18-12/h6-7,9-10,12H,2-5,8H2,1H3/b7-6+. The maximum Gasteiger partial charge on any atom is 0.330 e. The Hall–Kier alpha value is -1.62. The van der Waals surface area contributed by atoms with Gasteiger partial charge < -0.3 is 9.47 Å². The number of esters is 1. The molecule has 0 radical (unpaired) electrons. The number of rotatable bonds is 4. The van der Waals surface area contributed by atoms with Crippen LogP contribution in [0.5, 0.6) is 0 Å². The van der Waals surface area contributed by atoms with Gasteiger partial charge in [0.15, 0.2) is 0 Å². The summed E-state index contributed by atoms with van der Waals surface area (Å²) in [5, 5.41) is 4.25. The van der Waals surface area contributed by atoms with Gasteiger partial charge in [0.05, 0.1) is 12.8 Å². The first-order chi connectivity index (χ1) is 8.79. The van der Waals surface area contributed by atoms with Crippen LogP contribution >= 0.6 is 0 Å². The molecule has 0 saturated carbocycles. The summed E-state index contributed by atoms with van der Waals surface area (Å²) in [4.78, 5) is 11.2. The minimum absolute atomic E-state index is 0.0310. The van der Waals surface area contributed by atoms with Gasteiger partial charge in [-0.25, -0.2) is 9.48 Å². The van der Waals surface area contributed by atoms with E-state index in [2.05, 4.69) is 5.10 Å². The fourth-order valence-electron chi connectivity index (χ4n) is 1.88. The van der Waals surface area contributed by atoms with E-state index in [0.29, 0.717) is 6.61 Å². The molecule has 1 aliphatic rings. The van der Waals surface area contributed by atoms with Gasteiger partial charge in [-0.1, -0.05) is 0 Å². The highest BCUT2D eigenvalue weighted by Crippen LogP contribution is 2.21. The highest BCUT2D eigenvalue weighted by atomic mass is 16.5. The molecule has 0 amide bonds. The van der Waals surface area contributed by atoms with Crippen molar-refractivity contribution in [2.45, 2.75) is 32.4 Å². The summed E-state index contributed by atoms with van der Waals surface area (Å²) in [7, 11) is 0. The zero-order valence-electron chi connectivity index (χ0n) is 10.5. The van der Waals surface area contributed by atoms with Crippen LogP contribution in [0.2, 0.25) is 0 Å². The number of nitrogens with zero attached hydrogens (tertiary/aromatic N) is 2. The lowest BCUT2D eigenvalue weighted by Gasteiger charge is -2.22. The van der Waals surface area contributed by atoms with Crippen molar-refractivity contribution in [2.24, 2.45) is 0 Å². The van der Waals surface area contributed by atoms with Gasteiger partial charge in [-0.05, 0) is 32.3 Å². The van der Waals surface area contributed by atoms with Crippen molar-refractivity contribution < 1.29 is 14.3 Å². The summed E-state index contributed by atoms with van der Waals surface area (Å²) >= 11 is 0. The third-order valence-corrected chi connectivity index (χ3v) is 2.77. The largest absolute Gasteiger partial charge is 0.463 e. The van der Waals surface area contributed by atoms with Crippen molar-refractivity contribution in [1.82, 2.24) is 9.78 Å². The van der Waals surface area contributed by atoms with Crippen molar-refractivity contribution in [1.29, 1.82) is 0 Å². The minimum atomic E-state index is -0.334. The molecular formula is C13H18N2O3. The summed E-state index contributed by atoms with van der Waals surface area (Å²) in [5.41, 5.74) is 0.872. The molecule has 1 unspecified atom stereocenters. The summed E-state index contributed by atoms with van der Waals surface area (Å²) in [6.45, 7) is 2.96. The van der Waals surface area contributed by atoms with Crippen LogP contribution in [0.1, 0.15) is 38.0 Å². The minimum Gasteiger partial charge on any atom is -0.463 e. The topological polar surface area (TPSA) is 53.3 Å². The number of hydrogen-bond donors (Lipinski definition) is 0. The van der Waals surface area contributed by atoms with Crippen molar-refractivity contribution >= 4 is 12.0 Å². The van der Waals surface area contributed by atoms with E-state index >= 15 is 0 Å². The number of carbonyl (C=O) groups is 1. The van der Waals surface area contributed by atoms with E-state index in [-0.39, 0.29) is 12.2 Å². The monoisotopic (exact) mass is 250 g/mol. The highest BCUT2D eigenvalue weighted by molar-refractivity contribution is 5.86. The van der Waals surface area contributed by atoms with E-state index in [1.807, 2.05) is 10.9 Å². The van der Waals surface area contributed by atoms with E-state index in [4.69, 9.17) is 9.47 Å². The molecule has 1 saturated heterocycles. The Morgan fingerprint density at radius 1 is 1.67 bits per heavy atom. The molecule has 1 aromatic heterocycles. The molecule has 1 aromatic rings. The Kier molecular flexibility index (Phi) is 4.52. The fourth-order valence-corrected chi connectivity index (χ4v) is 1.88. The normalized spacial score (nSPS) is 20.2. The second-order valence-corrected chi connectivity index (χ2v) is 4.16. The van der Waals surface area contributed by atoms with Crippen LogP contribution in [0.3, 0.4) is 0 Å². The van der Waals surface area contributed by atoms with E-state index in [1.54, 1.807) is 19.2 Å². The molecule has 0 aromatic carbocycles. The Bertz CT molecular complexity index is 420. The highest BCUT2D eigenvalue weighted by Gasteiger charge is 2.15. The first-order valence-corrected chi connectivity index (χ1v) is 6.30. The molecular weight excluding hydrogens is 232 g/mol. The molecule has 0 N–H and O–H groups in total. The number of carbonyl (C=O) groups excluding carboxylic acids is 1. The molecule has 1 atom stereocenters. The maximum atomic E-state index is 11.2. The molecule has 0 bridgehead atoms. The van der Waals surface area contributed by atoms with Crippen molar-refractivity contribution in [3.05, 3.63) is 24.0 Å². The Balaban J connectivity index is 1.95. The first kappa shape index (κ1) is 12.8. The van der Waals surface area contributed by atoms with Crippen LogP contribution in [-0.4, -0.2) is 29.0 Å². The van der Waals surface area contributed by atoms with Gasteiger partial charge in [0, 0.05) is 24.4 Å². The zero-order chi connectivity index (χ0) is 12.8. The van der Waals surface area contributed by atoms with Crippen LogP contribution in [0, 0.1) is 0 Å². The van der Waals surface area contributed by atoms with Crippen LogP contribution in [-0.2, 0) is 14.3 Å². The molecule has 1 fully saturated rings. The van der Waals surface area contributed by atoms with Gasteiger partial charge in [-0.2, -0.15) is 5.10 Å². The lowest BCUT2D eigenvalue weighted by Crippen LogP contribution is -2.18. The second kappa shape index (κ2) is 6.35. The molecule has 0 spiro atoms. The maximum absolute atomic E-state index is 11.2. The van der Waals surface area contributed by atoms with Gasteiger partial charge in [0.2, 0.25) is 0 Å². The lowest BCUT2D eigenvalue weighted by atomic mass is 10.2. The predicted molar refractivity (Wildman–Crippen MR) is 66.7 cm³/mol. The number of hydrogen-bond acceptors (Lipinski definition) is 4. The number of ether oxygens (including phenoxy) is 2. The molecule has 1 aliphatic heterocycles. The Morgan fingerprint density at radius 3 is 3.28 bits per heavy atom. The predicted octanol–water partition coefficient (Wildman–Crippen LogP) is 2.16. The summed E-state index contributed by atoms with van der Waals surface area (Å²) < 4.78 is 12.2. The fraction of sp³-hybridized carbons (Fsp3) is 0.538. The van der Waals surface area contributed by atoms with Crippen LogP contribution in [0.15, 0.2) is 18.5 Å². The molecule has 5 heteroatoms. The molecule has 98 valence electrons. The third kappa shape index (κ3) is 3.43. The van der Waals surface area contributed by atoms with Gasteiger partial charge in [-0.15, -0.1) is 0 Å². The Morgan fingerprint density at radius 2 is 2.56 bits per heavy atom. The second-order valence-electron chi connectivity index (χ2n) is 4.16. The summed E-state index contributed by atoms with van der Waals surface area (Å²) in [6, 6.07) is 0. The van der Waals surface area contributed by atoms with Gasteiger partial charge in [0.25, 0.3) is 0 Å². The van der Waals surface area contributed by atoms with Crippen molar-refractivity contribution in [3.63, 3.8) is 0 Å². The van der Waals surface area contributed by atoms with E-state index < -0.39 is 0 Å². The average Bonchev–Trinajstić information content (AvgIpc) is 2.87. The van der Waals surface area contributed by atoms with Crippen molar-refractivity contribution in [3.8, 4) is 0 Å². The van der Waals surface area contributed by atoms with Gasteiger partial charge in [0.1, 0.15) is 6.23 Å². The summed E-state index contributed by atoms with van der Waals surface area (Å²) in [5.74, 6) is -0.334. The molecule has 2 heterocycles. The van der Waals surface area contributed by atoms with Gasteiger partial charge >= 0.3 is 5.97 Å². The third-order valence-electron chi connectivity index (χ3n) is 2.77. The van der Waals surface area contributed by atoms with E-state index in [1.165, 1.54) is 12.5 Å². The van der Waals surface area contributed by atoms with E-state index in [9.17, 15) is 4.79 Å². The summed E-state index contributed by atoms with van der Waals surface area (Å²) in [6.07, 6.45) is 10.0. The van der Waals surface area contributed by atoms with E-state index in [0.717, 1.165) is 25.0 Å². The average molecular weight is 250 g/mol. The van der Waals surface area contributed by atoms with Crippen LogP contribution < -0.4 is 0 Å². The first-order valence-electron chi connectivity index (χ1n) is 6.30. The SMILES string of the molecule is CCOC(=O)/C=C/c1cnn(C2CCCCO2)c1. The molecule has 0 aliphatic carbocycles. The lowest BCUT2D eigenvalue weighted by molar-refractivity contribution is -0.137. The van der Waals surface area contributed by atoms with Crippen molar-refractivity contribution in [2.75, 3.05) is 13.2 Å². The molecule has 2 rings (SSSR count). The quantitative estimate of drug-likeness (QED) is 0.607. The number of aromatic nitrogens is 2. The van der Waals surface area contributed by atoms with Crippen LogP contribution in [0.4, 0.5) is 0 Å². The molecule has 18 heavy (non-hydrogen) atoms. The molecule has 5 nitrogen and oxygen atoms in total. The Labute approximate surface area is 106 Å².